The van der Waals surface area contributed by atoms with Gasteiger partial charge in [-0.3, -0.25) is 4.79 Å². The number of fused-ring (bicyclic) bond motifs is 3. The van der Waals surface area contributed by atoms with Crippen molar-refractivity contribution in [1.29, 1.82) is 0 Å². The highest BCUT2D eigenvalue weighted by atomic mass is 16.5. The first-order valence-electron chi connectivity index (χ1n) is 10.6. The highest BCUT2D eigenvalue weighted by Crippen LogP contribution is 2.44. The first kappa shape index (κ1) is 21.8. The third-order valence-electron chi connectivity index (χ3n) is 6.14. The minimum absolute atomic E-state index is 0.0268. The average Bonchev–Trinajstić information content (AvgIpc) is 3.40. The largest absolute Gasteiger partial charge is 0.479 e. The third-order valence-corrected chi connectivity index (χ3v) is 6.14. The number of hydrogen-bond acceptors (Lipinski definition) is 5. The fourth-order valence-corrected chi connectivity index (χ4v) is 4.22. The molecule has 8 nitrogen and oxygen atoms in total. The fourth-order valence-electron chi connectivity index (χ4n) is 4.22. The highest BCUT2D eigenvalue weighted by Gasteiger charge is 2.44. The number of amides is 2. The summed E-state index contributed by atoms with van der Waals surface area (Å²) in [6.45, 7) is 2.03. The summed E-state index contributed by atoms with van der Waals surface area (Å²) in [5, 5.41) is 14.6. The highest BCUT2D eigenvalue weighted by molar-refractivity contribution is 5.88. The number of benzene rings is 2. The Morgan fingerprint density at radius 2 is 1.75 bits per heavy atom. The van der Waals surface area contributed by atoms with E-state index in [0.717, 1.165) is 22.3 Å². The normalized spacial score (nSPS) is 20.2. The lowest BCUT2D eigenvalue weighted by Gasteiger charge is -2.25. The van der Waals surface area contributed by atoms with Crippen molar-refractivity contribution in [3.05, 3.63) is 59.7 Å². The molecule has 2 amide bonds. The Labute approximate surface area is 185 Å². The van der Waals surface area contributed by atoms with E-state index in [2.05, 4.69) is 22.8 Å². The number of hydrogen-bond donors (Lipinski definition) is 3. The van der Waals surface area contributed by atoms with Gasteiger partial charge >= 0.3 is 12.1 Å². The van der Waals surface area contributed by atoms with Crippen molar-refractivity contribution in [2.75, 3.05) is 26.4 Å². The Morgan fingerprint density at radius 1 is 1.12 bits per heavy atom. The van der Waals surface area contributed by atoms with Gasteiger partial charge in [-0.15, -0.1) is 0 Å². The topological polar surface area (TPSA) is 114 Å². The minimum Gasteiger partial charge on any atom is -0.479 e. The number of ether oxygens (including phenoxy) is 2. The smallest absolute Gasteiger partial charge is 0.407 e. The predicted octanol–water partition coefficient (Wildman–Crippen LogP) is 2.52. The average molecular weight is 438 g/mol. The van der Waals surface area contributed by atoms with Crippen molar-refractivity contribution in [3.8, 4) is 11.1 Å². The second-order valence-corrected chi connectivity index (χ2v) is 8.29. The second kappa shape index (κ2) is 9.00. The van der Waals surface area contributed by atoms with Gasteiger partial charge in [-0.2, -0.15) is 0 Å². The molecule has 1 aliphatic carbocycles. The van der Waals surface area contributed by atoms with Gasteiger partial charge in [-0.05, 0) is 22.3 Å². The van der Waals surface area contributed by atoms with Crippen molar-refractivity contribution in [2.24, 2.45) is 5.92 Å². The van der Waals surface area contributed by atoms with Gasteiger partial charge in [-0.1, -0.05) is 55.5 Å². The van der Waals surface area contributed by atoms with Crippen LogP contribution in [0.5, 0.6) is 0 Å². The predicted molar refractivity (Wildman–Crippen MR) is 116 cm³/mol. The van der Waals surface area contributed by atoms with Gasteiger partial charge in [0.05, 0.1) is 12.5 Å². The molecule has 2 aliphatic rings. The summed E-state index contributed by atoms with van der Waals surface area (Å²) >= 11 is 0. The van der Waals surface area contributed by atoms with Gasteiger partial charge in [-0.25, -0.2) is 9.59 Å². The van der Waals surface area contributed by atoms with E-state index in [1.165, 1.54) is 0 Å². The molecular formula is C24H26N2O6. The van der Waals surface area contributed by atoms with E-state index >= 15 is 0 Å². The van der Waals surface area contributed by atoms with Crippen LogP contribution in [0.1, 0.15) is 30.4 Å². The minimum atomic E-state index is -1.41. The van der Waals surface area contributed by atoms with Crippen molar-refractivity contribution >= 4 is 18.0 Å². The van der Waals surface area contributed by atoms with Crippen LogP contribution in [-0.2, 0) is 19.1 Å². The molecule has 0 radical (unpaired) electrons. The Bertz CT molecular complexity index is 985. The maximum atomic E-state index is 12.4. The molecule has 0 bridgehead atoms. The van der Waals surface area contributed by atoms with Crippen molar-refractivity contribution in [1.82, 2.24) is 10.6 Å². The van der Waals surface area contributed by atoms with Crippen LogP contribution >= 0.6 is 0 Å². The van der Waals surface area contributed by atoms with E-state index in [9.17, 15) is 19.5 Å². The molecule has 2 unspecified atom stereocenters. The molecule has 2 atom stereocenters. The Kier molecular flexibility index (Phi) is 6.14. The van der Waals surface area contributed by atoms with Crippen LogP contribution in [-0.4, -0.2) is 55.0 Å². The van der Waals surface area contributed by atoms with Gasteiger partial charge in [0, 0.05) is 25.5 Å². The van der Waals surface area contributed by atoms with Crippen molar-refractivity contribution in [2.45, 2.75) is 24.8 Å². The molecule has 0 spiro atoms. The quantitative estimate of drug-likeness (QED) is 0.612. The molecule has 1 fully saturated rings. The van der Waals surface area contributed by atoms with Gasteiger partial charge in [0.1, 0.15) is 6.61 Å². The Balaban J connectivity index is 1.30. The molecule has 1 aliphatic heterocycles. The summed E-state index contributed by atoms with van der Waals surface area (Å²) in [6.07, 6.45) is -0.413. The van der Waals surface area contributed by atoms with E-state index in [0.29, 0.717) is 0 Å². The molecule has 3 N–H and O–H groups in total. The number of carboxylic acid groups (broad SMARTS) is 1. The van der Waals surface area contributed by atoms with E-state index in [1.807, 2.05) is 36.4 Å². The van der Waals surface area contributed by atoms with Crippen LogP contribution in [0.25, 0.3) is 11.1 Å². The molecule has 168 valence electrons. The molecule has 2 aromatic carbocycles. The van der Waals surface area contributed by atoms with E-state index in [-0.39, 0.29) is 38.7 Å². The van der Waals surface area contributed by atoms with E-state index in [1.54, 1.807) is 6.92 Å². The monoisotopic (exact) mass is 438 g/mol. The van der Waals surface area contributed by atoms with Crippen LogP contribution in [0.15, 0.2) is 48.5 Å². The molecule has 0 aromatic heterocycles. The molecule has 1 heterocycles. The molecular weight excluding hydrogens is 412 g/mol. The van der Waals surface area contributed by atoms with Crippen LogP contribution in [0.4, 0.5) is 4.79 Å². The third kappa shape index (κ3) is 4.18. The SMILES string of the molecule is CC(CNC(=O)OCC1c2ccccc2-c2ccccc21)C(=O)NC1(C(=O)O)CCOC1. The van der Waals surface area contributed by atoms with Crippen LogP contribution in [0.2, 0.25) is 0 Å². The van der Waals surface area contributed by atoms with Crippen LogP contribution in [0.3, 0.4) is 0 Å². The molecule has 1 saturated heterocycles. The first-order valence-corrected chi connectivity index (χ1v) is 10.6. The maximum absolute atomic E-state index is 12.4. The molecule has 0 saturated carbocycles. The number of aliphatic carboxylic acids is 1. The maximum Gasteiger partial charge on any atom is 0.407 e. The lowest BCUT2D eigenvalue weighted by molar-refractivity contribution is -0.148. The van der Waals surface area contributed by atoms with Crippen molar-refractivity contribution in [3.63, 3.8) is 0 Å². The molecule has 4 rings (SSSR count). The van der Waals surface area contributed by atoms with Crippen LogP contribution < -0.4 is 10.6 Å². The molecule has 8 heteroatoms. The van der Waals surface area contributed by atoms with Gasteiger partial charge in [0.25, 0.3) is 0 Å². The zero-order chi connectivity index (χ0) is 22.7. The lowest BCUT2D eigenvalue weighted by Crippen LogP contribution is -2.57. The zero-order valence-corrected chi connectivity index (χ0v) is 17.8. The summed E-state index contributed by atoms with van der Waals surface area (Å²) in [5.41, 5.74) is 3.12. The standard InChI is InChI=1S/C24H26N2O6/c1-15(21(27)26-24(22(28)29)10-11-31-14-24)12-25-23(30)32-13-20-18-8-4-2-6-16(18)17-7-3-5-9-19(17)20/h2-9,15,20H,10-14H2,1H3,(H,25,30)(H,26,27)(H,28,29). The Hall–Kier alpha value is -3.39. The summed E-state index contributed by atoms with van der Waals surface area (Å²) in [7, 11) is 0. The first-order chi connectivity index (χ1) is 15.4. The number of rotatable bonds is 7. The van der Waals surface area contributed by atoms with Crippen molar-refractivity contribution < 1.29 is 29.0 Å². The zero-order valence-electron chi connectivity index (χ0n) is 17.8. The van der Waals surface area contributed by atoms with Gasteiger partial charge in [0.15, 0.2) is 5.54 Å². The van der Waals surface area contributed by atoms with Crippen LogP contribution in [0, 0.1) is 5.92 Å². The number of carboxylic acids is 1. The van der Waals surface area contributed by atoms with Gasteiger partial charge in [0.2, 0.25) is 5.91 Å². The summed E-state index contributed by atoms with van der Waals surface area (Å²) in [4.78, 5) is 36.3. The molecule has 32 heavy (non-hydrogen) atoms. The van der Waals surface area contributed by atoms with Gasteiger partial charge < -0.3 is 25.2 Å². The molecule has 2 aromatic rings. The second-order valence-electron chi connectivity index (χ2n) is 8.29. The number of carbonyl (C=O) groups excluding carboxylic acids is 2. The van der Waals surface area contributed by atoms with E-state index in [4.69, 9.17) is 9.47 Å². The number of carbonyl (C=O) groups is 3. The fraction of sp³-hybridized carbons (Fsp3) is 0.375. The number of nitrogens with one attached hydrogen (secondary N) is 2. The lowest BCUT2D eigenvalue weighted by atomic mass is 9.97. The Morgan fingerprint density at radius 3 is 2.31 bits per heavy atom. The summed E-state index contributed by atoms with van der Waals surface area (Å²) < 4.78 is 10.6. The summed E-state index contributed by atoms with van der Waals surface area (Å²) in [6, 6.07) is 16.1. The summed E-state index contributed by atoms with van der Waals surface area (Å²) in [5.74, 6) is -2.27. The van der Waals surface area contributed by atoms with E-state index < -0.39 is 29.4 Å². The number of alkyl carbamates (subject to hydrolysis) is 1.